The van der Waals surface area contributed by atoms with Gasteiger partial charge in [-0.3, -0.25) is 9.59 Å². The molecule has 1 aromatic carbocycles. The summed E-state index contributed by atoms with van der Waals surface area (Å²) in [6.07, 6.45) is 3.66. The van der Waals surface area contributed by atoms with Gasteiger partial charge in [-0.1, -0.05) is 44.0 Å². The van der Waals surface area contributed by atoms with Gasteiger partial charge in [0.25, 0.3) is 0 Å². The average Bonchev–Trinajstić information content (AvgIpc) is 2.56. The Morgan fingerprint density at radius 1 is 1.20 bits per heavy atom. The highest BCUT2D eigenvalue weighted by Gasteiger charge is 2.28. The molecule has 0 aliphatic heterocycles. The molecular weight excluding hydrogens is 338 g/mol. The van der Waals surface area contributed by atoms with Crippen LogP contribution in [-0.2, 0) is 9.59 Å². The molecule has 5 nitrogen and oxygen atoms in total. The van der Waals surface area contributed by atoms with E-state index in [-0.39, 0.29) is 24.9 Å². The van der Waals surface area contributed by atoms with Gasteiger partial charge in [-0.15, -0.1) is 0 Å². The van der Waals surface area contributed by atoms with E-state index in [0.717, 1.165) is 0 Å². The second-order valence-electron chi connectivity index (χ2n) is 7.07. The van der Waals surface area contributed by atoms with E-state index in [1.807, 2.05) is 0 Å². The minimum atomic E-state index is -0.261. The summed E-state index contributed by atoms with van der Waals surface area (Å²) >= 11 is 6.03. The van der Waals surface area contributed by atoms with E-state index in [4.69, 9.17) is 11.6 Å². The molecule has 1 fully saturated rings. The number of amides is 2. The zero-order chi connectivity index (χ0) is 18.4. The molecule has 1 saturated carbocycles. The van der Waals surface area contributed by atoms with E-state index >= 15 is 0 Å². The predicted octanol–water partition coefficient (Wildman–Crippen LogP) is 3.15. The second kappa shape index (κ2) is 9.20. The van der Waals surface area contributed by atoms with Gasteiger partial charge in [0, 0.05) is 13.1 Å². The molecule has 138 valence electrons. The number of halogens is 1. The molecule has 0 saturated heterocycles. The largest absolute Gasteiger partial charge is 0.335 e. The number of para-hydroxylation sites is 1. The van der Waals surface area contributed by atoms with Crippen LogP contribution in [0.3, 0.4) is 0 Å². The maximum Gasteiger partial charge on any atom is 0.244 e. The number of hydrogen-bond acceptors (Lipinski definition) is 3. The number of carbonyl (C=O) groups excluding carboxylic acids is 2. The molecule has 2 amide bonds. The fourth-order valence-corrected chi connectivity index (χ4v) is 3.66. The maximum absolute atomic E-state index is 12.3. The standard InChI is InChI=1S/C19H28ClN3O2/c1-13-7-6-8-14(2)19(13)21-11-18(25)23(3)12-17(24)22-16-10-5-4-9-15(16)20/h4-5,9-10,13-14,19,21H,6-8,11-12H2,1-3H3,(H,22,24)/t13-,14+,19?. The zero-order valence-corrected chi connectivity index (χ0v) is 16.0. The third-order valence-corrected chi connectivity index (χ3v) is 5.32. The lowest BCUT2D eigenvalue weighted by molar-refractivity contribution is -0.132. The Kier molecular flexibility index (Phi) is 7.26. The van der Waals surface area contributed by atoms with Crippen molar-refractivity contribution in [2.45, 2.75) is 39.2 Å². The topological polar surface area (TPSA) is 61.4 Å². The van der Waals surface area contributed by atoms with Crippen molar-refractivity contribution in [2.75, 3.05) is 25.5 Å². The van der Waals surface area contributed by atoms with Crippen LogP contribution >= 0.6 is 11.6 Å². The van der Waals surface area contributed by atoms with Crippen molar-refractivity contribution >= 4 is 29.1 Å². The summed E-state index contributed by atoms with van der Waals surface area (Å²) in [5, 5.41) is 6.60. The summed E-state index contributed by atoms with van der Waals surface area (Å²) in [5.74, 6) is 0.804. The molecule has 0 aromatic heterocycles. The monoisotopic (exact) mass is 365 g/mol. The molecule has 2 N–H and O–H groups in total. The highest BCUT2D eigenvalue weighted by Crippen LogP contribution is 2.28. The average molecular weight is 366 g/mol. The molecule has 1 aliphatic carbocycles. The first-order valence-electron chi connectivity index (χ1n) is 8.90. The Hall–Kier alpha value is -1.59. The molecule has 0 radical (unpaired) electrons. The van der Waals surface area contributed by atoms with E-state index < -0.39 is 0 Å². The van der Waals surface area contributed by atoms with Crippen LogP contribution in [0.1, 0.15) is 33.1 Å². The summed E-state index contributed by atoms with van der Waals surface area (Å²) in [5.41, 5.74) is 0.554. The summed E-state index contributed by atoms with van der Waals surface area (Å²) in [4.78, 5) is 25.9. The van der Waals surface area contributed by atoms with E-state index in [1.165, 1.54) is 24.2 Å². The van der Waals surface area contributed by atoms with Crippen molar-refractivity contribution in [1.29, 1.82) is 0 Å². The predicted molar refractivity (Wildman–Crippen MR) is 102 cm³/mol. The smallest absolute Gasteiger partial charge is 0.244 e. The molecule has 0 heterocycles. The number of benzene rings is 1. The quantitative estimate of drug-likeness (QED) is 0.814. The SMILES string of the molecule is C[C@@H]1CCC[C@H](C)C1NCC(=O)N(C)CC(=O)Nc1ccccc1Cl. The minimum absolute atomic E-state index is 0.00150. The van der Waals surface area contributed by atoms with Crippen molar-refractivity contribution in [2.24, 2.45) is 11.8 Å². The Morgan fingerprint density at radius 3 is 2.48 bits per heavy atom. The van der Waals surface area contributed by atoms with Crippen LogP contribution in [0.4, 0.5) is 5.69 Å². The first-order valence-corrected chi connectivity index (χ1v) is 9.28. The fraction of sp³-hybridized carbons (Fsp3) is 0.579. The number of nitrogens with one attached hydrogen (secondary N) is 2. The van der Waals surface area contributed by atoms with Gasteiger partial charge < -0.3 is 15.5 Å². The summed E-state index contributed by atoms with van der Waals surface area (Å²) in [7, 11) is 1.64. The minimum Gasteiger partial charge on any atom is -0.335 e. The van der Waals surface area contributed by atoms with Crippen LogP contribution in [0.2, 0.25) is 5.02 Å². The van der Waals surface area contributed by atoms with Crippen molar-refractivity contribution in [3.8, 4) is 0 Å². The van der Waals surface area contributed by atoms with Crippen molar-refractivity contribution in [1.82, 2.24) is 10.2 Å². The lowest BCUT2D eigenvalue weighted by Crippen LogP contribution is -2.48. The number of carbonyl (C=O) groups is 2. The van der Waals surface area contributed by atoms with Crippen molar-refractivity contribution in [3.63, 3.8) is 0 Å². The summed E-state index contributed by atoms with van der Waals surface area (Å²) in [6.45, 7) is 4.73. The van der Waals surface area contributed by atoms with Crippen LogP contribution in [-0.4, -0.2) is 42.9 Å². The zero-order valence-electron chi connectivity index (χ0n) is 15.2. The van der Waals surface area contributed by atoms with E-state index in [0.29, 0.717) is 28.6 Å². The number of likely N-dealkylation sites (N-methyl/N-ethyl adjacent to an activating group) is 1. The Bertz CT molecular complexity index is 598. The Morgan fingerprint density at radius 2 is 1.84 bits per heavy atom. The number of rotatable bonds is 6. The van der Waals surface area contributed by atoms with Gasteiger partial charge in [0.15, 0.2) is 0 Å². The Balaban J connectivity index is 1.79. The molecule has 0 spiro atoms. The molecule has 3 atom stereocenters. The fourth-order valence-electron chi connectivity index (χ4n) is 3.48. The lowest BCUT2D eigenvalue weighted by atomic mass is 9.79. The first-order chi connectivity index (χ1) is 11.9. The van der Waals surface area contributed by atoms with Crippen molar-refractivity contribution < 1.29 is 9.59 Å². The van der Waals surface area contributed by atoms with Crippen molar-refractivity contribution in [3.05, 3.63) is 29.3 Å². The van der Waals surface area contributed by atoms with Crippen LogP contribution in [0, 0.1) is 11.8 Å². The van der Waals surface area contributed by atoms with Gasteiger partial charge >= 0.3 is 0 Å². The summed E-state index contributed by atoms with van der Waals surface area (Å²) < 4.78 is 0. The van der Waals surface area contributed by atoms with E-state index in [9.17, 15) is 9.59 Å². The van der Waals surface area contributed by atoms with Gasteiger partial charge in [-0.05, 0) is 36.8 Å². The lowest BCUT2D eigenvalue weighted by Gasteiger charge is -2.35. The molecule has 0 bridgehead atoms. The van der Waals surface area contributed by atoms with Gasteiger partial charge in [-0.25, -0.2) is 0 Å². The maximum atomic E-state index is 12.3. The molecule has 2 rings (SSSR count). The first kappa shape index (κ1) is 19.7. The molecular formula is C19H28ClN3O2. The normalized spacial score (nSPS) is 23.1. The third kappa shape index (κ3) is 5.72. The van der Waals surface area contributed by atoms with E-state index in [2.05, 4.69) is 24.5 Å². The van der Waals surface area contributed by atoms with E-state index in [1.54, 1.807) is 31.3 Å². The molecule has 6 heteroatoms. The van der Waals surface area contributed by atoms with Gasteiger partial charge in [0.05, 0.1) is 23.8 Å². The summed E-state index contributed by atoms with van der Waals surface area (Å²) in [6, 6.07) is 7.40. The number of hydrogen-bond donors (Lipinski definition) is 2. The van der Waals surface area contributed by atoms with Gasteiger partial charge in [0.2, 0.25) is 11.8 Å². The highest BCUT2D eigenvalue weighted by atomic mass is 35.5. The van der Waals surface area contributed by atoms with Crippen LogP contribution in [0.15, 0.2) is 24.3 Å². The third-order valence-electron chi connectivity index (χ3n) is 4.99. The molecule has 1 aliphatic rings. The number of nitrogens with zero attached hydrogens (tertiary/aromatic N) is 1. The van der Waals surface area contributed by atoms with Crippen LogP contribution in [0.25, 0.3) is 0 Å². The second-order valence-corrected chi connectivity index (χ2v) is 7.48. The Labute approximate surface area is 155 Å². The number of anilines is 1. The van der Waals surface area contributed by atoms with Gasteiger partial charge in [-0.2, -0.15) is 0 Å². The highest BCUT2D eigenvalue weighted by molar-refractivity contribution is 6.33. The van der Waals surface area contributed by atoms with Crippen LogP contribution in [0.5, 0.6) is 0 Å². The molecule has 1 unspecified atom stereocenters. The molecule has 25 heavy (non-hydrogen) atoms. The van der Waals surface area contributed by atoms with Crippen LogP contribution < -0.4 is 10.6 Å². The molecule has 1 aromatic rings. The van der Waals surface area contributed by atoms with Gasteiger partial charge in [0.1, 0.15) is 0 Å².